The van der Waals surface area contributed by atoms with Gasteiger partial charge in [0.2, 0.25) is 0 Å². The molecular weight excluding hydrogens is 417 g/mol. The number of aliphatic hydroxyl groups is 1. The molecule has 6 heteroatoms. The van der Waals surface area contributed by atoms with Gasteiger partial charge in [-0.25, -0.2) is 0 Å². The van der Waals surface area contributed by atoms with E-state index in [4.69, 9.17) is 27.9 Å². The molecule has 2 unspecified atom stereocenters. The summed E-state index contributed by atoms with van der Waals surface area (Å²) in [5.41, 5.74) is 1.02. The number of hydrogen-bond acceptors (Lipinski definition) is 3. The van der Waals surface area contributed by atoms with Gasteiger partial charge in [-0.3, -0.25) is 4.90 Å². The predicted octanol–water partition coefficient (Wildman–Crippen LogP) is 2.10. The number of morpholine rings is 1. The second-order valence-corrected chi connectivity index (χ2v) is 8.07. The highest BCUT2D eigenvalue weighted by atomic mass is 35.5. The molecular formula is C22H27Cl3NO2-. The number of halogens is 3. The summed E-state index contributed by atoms with van der Waals surface area (Å²) >= 11 is 12.2. The van der Waals surface area contributed by atoms with Crippen molar-refractivity contribution in [2.45, 2.75) is 31.3 Å². The topological polar surface area (TPSA) is 32.7 Å². The standard InChI is InChI=1S/C22H27Cl2NO2.ClH/c1-2-11-22(26,18-5-9-20(24)10-6-18)21(16-25-12-14-27-15-13-25)17-3-7-19(23)8-4-17;/h3-10,21,26H,2,11-16H2,1H3;1H/p-1. The van der Waals surface area contributed by atoms with Gasteiger partial charge in [0.25, 0.3) is 0 Å². The summed E-state index contributed by atoms with van der Waals surface area (Å²) in [4.78, 5) is 2.37. The van der Waals surface area contributed by atoms with Gasteiger partial charge < -0.3 is 22.3 Å². The number of rotatable bonds is 7. The van der Waals surface area contributed by atoms with E-state index in [0.717, 1.165) is 50.4 Å². The van der Waals surface area contributed by atoms with Crippen molar-refractivity contribution in [2.24, 2.45) is 0 Å². The molecule has 3 rings (SSSR count). The zero-order valence-electron chi connectivity index (χ0n) is 16.1. The van der Waals surface area contributed by atoms with Gasteiger partial charge in [0, 0.05) is 35.6 Å². The van der Waals surface area contributed by atoms with Crippen molar-refractivity contribution in [3.63, 3.8) is 0 Å². The smallest absolute Gasteiger partial charge is 0.0976 e. The molecule has 1 aliphatic rings. The quantitative estimate of drug-likeness (QED) is 0.711. The molecule has 2 atom stereocenters. The number of ether oxygens (including phenoxy) is 1. The normalized spacial score (nSPS) is 18.1. The Balaban J connectivity index is 0.00000280. The lowest BCUT2D eigenvalue weighted by Crippen LogP contribution is -3.00. The van der Waals surface area contributed by atoms with E-state index in [2.05, 4.69) is 11.8 Å². The van der Waals surface area contributed by atoms with Crippen LogP contribution in [0.15, 0.2) is 48.5 Å². The Morgan fingerprint density at radius 2 is 1.54 bits per heavy atom. The zero-order chi connectivity index (χ0) is 19.3. The molecule has 2 aromatic rings. The number of benzene rings is 2. The Hall–Kier alpha value is -0.810. The van der Waals surface area contributed by atoms with Crippen molar-refractivity contribution in [1.82, 2.24) is 4.90 Å². The van der Waals surface area contributed by atoms with E-state index < -0.39 is 5.60 Å². The summed E-state index contributed by atoms with van der Waals surface area (Å²) in [5, 5.41) is 13.3. The Bertz CT molecular complexity index is 718. The highest BCUT2D eigenvalue weighted by Gasteiger charge is 2.39. The van der Waals surface area contributed by atoms with Crippen LogP contribution in [0, 0.1) is 0 Å². The zero-order valence-corrected chi connectivity index (χ0v) is 18.4. The maximum absolute atomic E-state index is 12.0. The van der Waals surface area contributed by atoms with Crippen LogP contribution in [-0.2, 0) is 10.3 Å². The molecule has 1 heterocycles. The molecule has 0 bridgehead atoms. The molecule has 1 fully saturated rings. The van der Waals surface area contributed by atoms with Crippen molar-refractivity contribution >= 4 is 23.2 Å². The van der Waals surface area contributed by atoms with Crippen LogP contribution >= 0.6 is 23.2 Å². The molecule has 28 heavy (non-hydrogen) atoms. The first-order chi connectivity index (χ1) is 13.0. The van der Waals surface area contributed by atoms with Crippen LogP contribution in [0.2, 0.25) is 10.0 Å². The lowest BCUT2D eigenvalue weighted by molar-refractivity contribution is -0.0285. The minimum absolute atomic E-state index is 0. The molecule has 0 amide bonds. The maximum Gasteiger partial charge on any atom is 0.0976 e. The van der Waals surface area contributed by atoms with Gasteiger partial charge >= 0.3 is 0 Å². The van der Waals surface area contributed by atoms with Gasteiger partial charge in [0.15, 0.2) is 0 Å². The molecule has 1 N–H and O–H groups in total. The average molecular weight is 444 g/mol. The summed E-state index contributed by atoms with van der Waals surface area (Å²) in [6, 6.07) is 15.5. The molecule has 0 spiro atoms. The van der Waals surface area contributed by atoms with Crippen molar-refractivity contribution in [3.05, 3.63) is 69.7 Å². The molecule has 3 nitrogen and oxygen atoms in total. The van der Waals surface area contributed by atoms with Crippen LogP contribution in [0.1, 0.15) is 36.8 Å². The van der Waals surface area contributed by atoms with Crippen molar-refractivity contribution in [2.75, 3.05) is 32.8 Å². The average Bonchev–Trinajstić information content (AvgIpc) is 2.68. The van der Waals surface area contributed by atoms with Crippen LogP contribution in [0.3, 0.4) is 0 Å². The van der Waals surface area contributed by atoms with Crippen LogP contribution in [-0.4, -0.2) is 42.9 Å². The monoisotopic (exact) mass is 442 g/mol. The molecule has 0 aromatic heterocycles. The molecule has 1 aliphatic heterocycles. The molecule has 0 saturated carbocycles. The summed E-state index contributed by atoms with van der Waals surface area (Å²) in [6.45, 7) is 6.11. The van der Waals surface area contributed by atoms with E-state index >= 15 is 0 Å². The fourth-order valence-corrected chi connectivity index (χ4v) is 4.16. The molecule has 154 valence electrons. The third-order valence-electron chi connectivity index (χ3n) is 5.37. The summed E-state index contributed by atoms with van der Waals surface area (Å²) < 4.78 is 5.50. The fraction of sp³-hybridized carbons (Fsp3) is 0.455. The van der Waals surface area contributed by atoms with E-state index in [-0.39, 0.29) is 18.3 Å². The van der Waals surface area contributed by atoms with Crippen LogP contribution in [0.5, 0.6) is 0 Å². The third-order valence-corrected chi connectivity index (χ3v) is 5.87. The van der Waals surface area contributed by atoms with Gasteiger partial charge in [0.1, 0.15) is 0 Å². The van der Waals surface area contributed by atoms with E-state index in [1.165, 1.54) is 0 Å². The van der Waals surface area contributed by atoms with E-state index in [1.807, 2.05) is 48.5 Å². The highest BCUT2D eigenvalue weighted by Crippen LogP contribution is 2.42. The van der Waals surface area contributed by atoms with Crippen molar-refractivity contribution < 1.29 is 22.3 Å². The summed E-state index contributed by atoms with van der Waals surface area (Å²) in [5.74, 6) is -0.0750. The Labute approximate surface area is 184 Å². The van der Waals surface area contributed by atoms with E-state index in [9.17, 15) is 5.11 Å². The number of hydrogen-bond donors (Lipinski definition) is 1. The SMILES string of the molecule is CCCC(O)(c1ccc(Cl)cc1)C(CN1CCOCC1)c1ccc(Cl)cc1.[Cl-]. The minimum Gasteiger partial charge on any atom is -1.00 e. The lowest BCUT2D eigenvalue weighted by Gasteiger charge is -2.41. The first-order valence-corrected chi connectivity index (χ1v) is 10.3. The molecule has 1 saturated heterocycles. The first kappa shape index (κ1) is 23.5. The summed E-state index contributed by atoms with van der Waals surface area (Å²) in [6.07, 6.45) is 1.55. The highest BCUT2D eigenvalue weighted by molar-refractivity contribution is 6.30. The van der Waals surface area contributed by atoms with E-state index in [0.29, 0.717) is 16.5 Å². The van der Waals surface area contributed by atoms with Gasteiger partial charge in [-0.15, -0.1) is 0 Å². The lowest BCUT2D eigenvalue weighted by atomic mass is 9.74. The van der Waals surface area contributed by atoms with Crippen molar-refractivity contribution in [1.29, 1.82) is 0 Å². The van der Waals surface area contributed by atoms with Crippen LogP contribution < -0.4 is 12.4 Å². The minimum atomic E-state index is -0.981. The largest absolute Gasteiger partial charge is 1.00 e. The fourth-order valence-electron chi connectivity index (χ4n) is 3.91. The Kier molecular flexibility index (Phi) is 9.07. The molecule has 0 radical (unpaired) electrons. The van der Waals surface area contributed by atoms with Crippen LogP contribution in [0.25, 0.3) is 0 Å². The molecule has 2 aromatic carbocycles. The van der Waals surface area contributed by atoms with Gasteiger partial charge in [-0.1, -0.05) is 60.8 Å². The van der Waals surface area contributed by atoms with E-state index in [1.54, 1.807) is 0 Å². The van der Waals surface area contributed by atoms with Crippen molar-refractivity contribution in [3.8, 4) is 0 Å². The maximum atomic E-state index is 12.0. The third kappa shape index (κ3) is 5.63. The van der Waals surface area contributed by atoms with Gasteiger partial charge in [-0.2, -0.15) is 0 Å². The Morgan fingerprint density at radius 1 is 1.00 bits per heavy atom. The second-order valence-electron chi connectivity index (χ2n) is 7.20. The number of nitrogens with zero attached hydrogens (tertiary/aromatic N) is 1. The molecule has 0 aliphatic carbocycles. The first-order valence-electron chi connectivity index (χ1n) is 9.57. The van der Waals surface area contributed by atoms with Gasteiger partial charge in [-0.05, 0) is 41.8 Å². The summed E-state index contributed by atoms with van der Waals surface area (Å²) in [7, 11) is 0. The Morgan fingerprint density at radius 3 is 2.07 bits per heavy atom. The van der Waals surface area contributed by atoms with Gasteiger partial charge in [0.05, 0.1) is 18.8 Å². The van der Waals surface area contributed by atoms with Crippen LogP contribution in [0.4, 0.5) is 0 Å². The second kappa shape index (κ2) is 10.8. The predicted molar refractivity (Wildman–Crippen MR) is 112 cm³/mol.